The molecule has 2 aromatic rings. The molecule has 6 nitrogen and oxygen atoms in total. The van der Waals surface area contributed by atoms with Crippen LogP contribution in [-0.2, 0) is 9.47 Å². The van der Waals surface area contributed by atoms with E-state index in [2.05, 4.69) is 15.0 Å². The van der Waals surface area contributed by atoms with Crippen LogP contribution in [0.2, 0.25) is 0 Å². The van der Waals surface area contributed by atoms with Gasteiger partial charge < -0.3 is 14.8 Å². The summed E-state index contributed by atoms with van der Waals surface area (Å²) in [4.78, 5) is 27.6. The fourth-order valence-corrected chi connectivity index (χ4v) is 1.79. The van der Waals surface area contributed by atoms with Crippen molar-refractivity contribution >= 4 is 23.3 Å². The van der Waals surface area contributed by atoms with Crippen molar-refractivity contribution in [2.75, 3.05) is 19.5 Å². The first-order valence-electron chi connectivity index (χ1n) is 6.15. The molecule has 0 unspecified atom stereocenters. The molecule has 21 heavy (non-hydrogen) atoms. The van der Waals surface area contributed by atoms with E-state index in [0.29, 0.717) is 5.69 Å². The third-order valence-electron chi connectivity index (χ3n) is 2.78. The zero-order valence-corrected chi connectivity index (χ0v) is 11.6. The maximum Gasteiger partial charge on any atom is 0.358 e. The lowest BCUT2D eigenvalue weighted by atomic mass is 10.1. The van der Waals surface area contributed by atoms with Crippen LogP contribution in [0.15, 0.2) is 42.6 Å². The zero-order chi connectivity index (χ0) is 15.2. The van der Waals surface area contributed by atoms with E-state index in [1.54, 1.807) is 12.1 Å². The van der Waals surface area contributed by atoms with Gasteiger partial charge in [-0.3, -0.25) is 0 Å². The van der Waals surface area contributed by atoms with E-state index < -0.39 is 11.9 Å². The van der Waals surface area contributed by atoms with Crippen LogP contribution in [0, 0.1) is 0 Å². The lowest BCUT2D eigenvalue weighted by molar-refractivity contribution is 0.0595. The monoisotopic (exact) mass is 286 g/mol. The number of hydrogen-bond acceptors (Lipinski definition) is 6. The number of methoxy groups -OCH3 is 2. The molecular formula is C15H14N2O4. The molecule has 0 aliphatic heterocycles. The number of carbonyl (C=O) groups is 2. The van der Waals surface area contributed by atoms with Crippen LogP contribution in [0.25, 0.3) is 0 Å². The summed E-state index contributed by atoms with van der Waals surface area (Å²) in [5, 5.41) is 3.01. The topological polar surface area (TPSA) is 77.5 Å². The molecule has 2 rings (SSSR count). The normalized spacial score (nSPS) is 9.81. The molecular weight excluding hydrogens is 272 g/mol. The van der Waals surface area contributed by atoms with E-state index in [9.17, 15) is 9.59 Å². The van der Waals surface area contributed by atoms with Crippen LogP contribution in [-0.4, -0.2) is 31.1 Å². The Morgan fingerprint density at radius 2 is 1.67 bits per heavy atom. The minimum absolute atomic E-state index is 0.0178. The van der Waals surface area contributed by atoms with Crippen molar-refractivity contribution in [2.45, 2.75) is 0 Å². The number of carbonyl (C=O) groups excluding carboxylic acids is 2. The van der Waals surface area contributed by atoms with E-state index in [1.165, 1.54) is 26.5 Å². The predicted molar refractivity (Wildman–Crippen MR) is 76.6 cm³/mol. The number of esters is 2. The molecule has 0 saturated heterocycles. The number of nitrogens with one attached hydrogen (secondary N) is 1. The summed E-state index contributed by atoms with van der Waals surface area (Å²) in [7, 11) is 2.52. The predicted octanol–water partition coefficient (Wildman–Crippen LogP) is 2.40. The Labute approximate surface area is 121 Å². The fourth-order valence-electron chi connectivity index (χ4n) is 1.79. The van der Waals surface area contributed by atoms with E-state index in [0.717, 1.165) is 0 Å². The molecule has 1 N–H and O–H groups in total. The summed E-state index contributed by atoms with van der Waals surface area (Å²) < 4.78 is 9.41. The first kappa shape index (κ1) is 14.5. The number of ether oxygens (including phenoxy) is 2. The van der Waals surface area contributed by atoms with Crippen molar-refractivity contribution in [1.29, 1.82) is 0 Å². The van der Waals surface area contributed by atoms with Crippen molar-refractivity contribution in [3.8, 4) is 0 Å². The summed E-state index contributed by atoms with van der Waals surface area (Å²) in [6, 6.07) is 10.6. The SMILES string of the molecule is COC(=O)c1ccnc(C(=O)OC)c1Nc1ccccc1. The van der Waals surface area contributed by atoms with E-state index in [-0.39, 0.29) is 16.9 Å². The number of aromatic nitrogens is 1. The average molecular weight is 286 g/mol. The zero-order valence-electron chi connectivity index (χ0n) is 11.6. The Balaban J connectivity index is 2.53. The van der Waals surface area contributed by atoms with Gasteiger partial charge in [-0.1, -0.05) is 18.2 Å². The van der Waals surface area contributed by atoms with Gasteiger partial charge in [-0.2, -0.15) is 0 Å². The van der Waals surface area contributed by atoms with E-state index in [1.807, 2.05) is 18.2 Å². The van der Waals surface area contributed by atoms with E-state index >= 15 is 0 Å². The van der Waals surface area contributed by atoms with Crippen LogP contribution >= 0.6 is 0 Å². The van der Waals surface area contributed by atoms with Gasteiger partial charge in [0.15, 0.2) is 5.69 Å². The summed E-state index contributed by atoms with van der Waals surface area (Å²) in [6.07, 6.45) is 1.36. The van der Waals surface area contributed by atoms with Crippen LogP contribution in [0.3, 0.4) is 0 Å². The third-order valence-corrected chi connectivity index (χ3v) is 2.78. The van der Waals surface area contributed by atoms with Gasteiger partial charge in [-0.05, 0) is 18.2 Å². The summed E-state index contributed by atoms with van der Waals surface area (Å²) >= 11 is 0. The Morgan fingerprint density at radius 3 is 2.29 bits per heavy atom. The minimum atomic E-state index is -0.640. The van der Waals surface area contributed by atoms with Gasteiger partial charge in [0.05, 0.1) is 25.5 Å². The highest BCUT2D eigenvalue weighted by Gasteiger charge is 2.21. The largest absolute Gasteiger partial charge is 0.465 e. The average Bonchev–Trinajstić information content (AvgIpc) is 2.54. The standard InChI is InChI=1S/C15H14N2O4/c1-20-14(18)11-8-9-16-13(15(19)21-2)12(11)17-10-6-4-3-5-7-10/h3-9,17H,1-2H3. The third kappa shape index (κ3) is 3.17. The molecule has 1 aromatic heterocycles. The lowest BCUT2D eigenvalue weighted by Crippen LogP contribution is -2.13. The van der Waals surface area contributed by atoms with Crippen molar-refractivity contribution < 1.29 is 19.1 Å². The summed E-state index contributed by atoms with van der Waals surface area (Å²) in [5.74, 6) is -1.21. The van der Waals surface area contributed by atoms with Crippen molar-refractivity contribution in [3.05, 3.63) is 53.9 Å². The molecule has 108 valence electrons. The molecule has 0 atom stereocenters. The lowest BCUT2D eigenvalue weighted by Gasteiger charge is -2.13. The molecule has 0 aliphatic carbocycles. The highest BCUT2D eigenvalue weighted by Crippen LogP contribution is 2.25. The first-order valence-corrected chi connectivity index (χ1v) is 6.15. The van der Waals surface area contributed by atoms with Crippen molar-refractivity contribution in [3.63, 3.8) is 0 Å². The number of anilines is 2. The second-order valence-corrected chi connectivity index (χ2v) is 4.06. The number of para-hydroxylation sites is 1. The Hall–Kier alpha value is -2.89. The summed E-state index contributed by atoms with van der Waals surface area (Å²) in [5.41, 5.74) is 1.18. The fraction of sp³-hybridized carbons (Fsp3) is 0.133. The van der Waals surface area contributed by atoms with Crippen LogP contribution in [0.4, 0.5) is 11.4 Å². The second-order valence-electron chi connectivity index (χ2n) is 4.06. The quantitative estimate of drug-likeness (QED) is 0.870. The number of nitrogens with zero attached hydrogens (tertiary/aromatic N) is 1. The second kappa shape index (κ2) is 6.51. The molecule has 0 fully saturated rings. The van der Waals surface area contributed by atoms with Gasteiger partial charge in [0.1, 0.15) is 0 Å². The molecule has 0 spiro atoms. The molecule has 6 heteroatoms. The first-order chi connectivity index (χ1) is 10.2. The van der Waals surface area contributed by atoms with Gasteiger partial charge in [0.25, 0.3) is 0 Å². The van der Waals surface area contributed by atoms with Gasteiger partial charge in [-0.25, -0.2) is 14.6 Å². The van der Waals surface area contributed by atoms with Crippen LogP contribution < -0.4 is 5.32 Å². The molecule has 1 heterocycles. The van der Waals surface area contributed by atoms with Crippen molar-refractivity contribution in [2.24, 2.45) is 0 Å². The molecule has 0 bridgehead atoms. The van der Waals surface area contributed by atoms with E-state index in [4.69, 9.17) is 4.74 Å². The van der Waals surface area contributed by atoms with Crippen LogP contribution in [0.1, 0.15) is 20.8 Å². The Bertz CT molecular complexity index is 622. The highest BCUT2D eigenvalue weighted by molar-refractivity contribution is 6.03. The van der Waals surface area contributed by atoms with Gasteiger partial charge in [-0.15, -0.1) is 0 Å². The van der Waals surface area contributed by atoms with Crippen LogP contribution in [0.5, 0.6) is 0 Å². The number of rotatable bonds is 4. The number of hydrogen-bond donors (Lipinski definition) is 1. The molecule has 0 saturated carbocycles. The maximum atomic E-state index is 11.8. The Morgan fingerprint density at radius 1 is 1.00 bits per heavy atom. The maximum absolute atomic E-state index is 11.8. The number of pyridine rings is 1. The Kier molecular flexibility index (Phi) is 4.50. The van der Waals surface area contributed by atoms with Crippen molar-refractivity contribution in [1.82, 2.24) is 4.98 Å². The smallest absolute Gasteiger partial charge is 0.358 e. The molecule has 0 aliphatic rings. The molecule has 0 amide bonds. The highest BCUT2D eigenvalue weighted by atomic mass is 16.5. The molecule has 1 aromatic carbocycles. The van der Waals surface area contributed by atoms with Gasteiger partial charge in [0.2, 0.25) is 0 Å². The number of benzene rings is 1. The minimum Gasteiger partial charge on any atom is -0.465 e. The summed E-state index contributed by atoms with van der Waals surface area (Å²) in [6.45, 7) is 0. The molecule has 0 radical (unpaired) electrons. The van der Waals surface area contributed by atoms with Gasteiger partial charge >= 0.3 is 11.9 Å². The van der Waals surface area contributed by atoms with Gasteiger partial charge in [0, 0.05) is 11.9 Å².